The summed E-state index contributed by atoms with van der Waals surface area (Å²) in [4.78, 5) is 24.9. The predicted molar refractivity (Wildman–Crippen MR) is 95.4 cm³/mol. The maximum Gasteiger partial charge on any atom is 0.329 e. The fourth-order valence-corrected chi connectivity index (χ4v) is 2.26. The molecule has 1 unspecified atom stereocenters. The molecule has 0 bridgehead atoms. The zero-order chi connectivity index (χ0) is 18.2. The Morgan fingerprint density at radius 2 is 1.72 bits per heavy atom. The van der Waals surface area contributed by atoms with Crippen molar-refractivity contribution >= 4 is 11.9 Å². The highest BCUT2D eigenvalue weighted by molar-refractivity contribution is 5.96. The number of nitrogens with one attached hydrogen (secondary N) is 1. The topological polar surface area (TPSA) is 75.6 Å². The highest BCUT2D eigenvalue weighted by Gasteiger charge is 2.24. The van der Waals surface area contributed by atoms with Crippen LogP contribution in [0.4, 0.5) is 0 Å². The molecule has 0 aliphatic heterocycles. The number of aromatic hydroxyl groups is 1. The first-order chi connectivity index (χ1) is 12.0. The zero-order valence-electron chi connectivity index (χ0n) is 14.4. The van der Waals surface area contributed by atoms with Crippen molar-refractivity contribution in [1.29, 1.82) is 0 Å². The van der Waals surface area contributed by atoms with Crippen molar-refractivity contribution in [2.45, 2.75) is 38.8 Å². The second-order valence-corrected chi connectivity index (χ2v) is 5.92. The average molecular weight is 341 g/mol. The Kier molecular flexibility index (Phi) is 6.57. The number of amides is 1. The highest BCUT2D eigenvalue weighted by atomic mass is 16.5. The largest absolute Gasteiger partial charge is 0.508 e. The van der Waals surface area contributed by atoms with Crippen LogP contribution in [0, 0.1) is 0 Å². The lowest BCUT2D eigenvalue weighted by Crippen LogP contribution is -2.44. The average Bonchev–Trinajstić information content (AvgIpc) is 2.63. The lowest BCUT2D eigenvalue weighted by atomic mass is 10.0. The Bertz CT molecular complexity index is 697. The van der Waals surface area contributed by atoms with Gasteiger partial charge in [0.1, 0.15) is 11.8 Å². The number of benzene rings is 2. The summed E-state index contributed by atoms with van der Waals surface area (Å²) < 4.78 is 5.39. The molecule has 5 heteroatoms. The maximum absolute atomic E-state index is 12.5. The van der Waals surface area contributed by atoms with E-state index in [1.54, 1.807) is 48.5 Å². The molecule has 2 atom stereocenters. The monoisotopic (exact) mass is 341 g/mol. The number of carbonyl (C=O) groups excluding carboxylic acids is 2. The molecule has 2 rings (SSSR count). The normalized spacial score (nSPS) is 12.9. The molecule has 25 heavy (non-hydrogen) atoms. The van der Waals surface area contributed by atoms with Crippen molar-refractivity contribution in [1.82, 2.24) is 5.32 Å². The van der Waals surface area contributed by atoms with Gasteiger partial charge < -0.3 is 15.2 Å². The molecule has 5 nitrogen and oxygen atoms in total. The zero-order valence-corrected chi connectivity index (χ0v) is 14.4. The molecule has 0 heterocycles. The SMILES string of the molecule is CCC(C)OC(=O)[C@@H](Cc1ccc(O)cc1)NC(=O)c1ccccc1. The first kappa shape index (κ1) is 18.5. The van der Waals surface area contributed by atoms with Crippen LogP contribution in [-0.2, 0) is 16.0 Å². The van der Waals surface area contributed by atoms with Crippen LogP contribution in [0.2, 0.25) is 0 Å². The van der Waals surface area contributed by atoms with E-state index < -0.39 is 12.0 Å². The van der Waals surface area contributed by atoms with Crippen molar-refractivity contribution in [2.24, 2.45) is 0 Å². The van der Waals surface area contributed by atoms with Crippen LogP contribution in [0.1, 0.15) is 36.2 Å². The second kappa shape index (κ2) is 8.87. The van der Waals surface area contributed by atoms with E-state index in [1.165, 1.54) is 0 Å². The molecule has 1 amide bonds. The van der Waals surface area contributed by atoms with E-state index in [2.05, 4.69) is 5.32 Å². The van der Waals surface area contributed by atoms with Crippen LogP contribution < -0.4 is 5.32 Å². The maximum atomic E-state index is 12.5. The van der Waals surface area contributed by atoms with Crippen molar-refractivity contribution in [2.75, 3.05) is 0 Å². The smallest absolute Gasteiger partial charge is 0.329 e. The molecule has 2 aromatic rings. The van der Waals surface area contributed by atoms with Crippen LogP contribution in [0.5, 0.6) is 5.75 Å². The molecular weight excluding hydrogens is 318 g/mol. The Morgan fingerprint density at radius 3 is 2.32 bits per heavy atom. The third-order valence-electron chi connectivity index (χ3n) is 3.89. The number of phenols is 1. The summed E-state index contributed by atoms with van der Waals surface area (Å²) in [5, 5.41) is 12.1. The van der Waals surface area contributed by atoms with Crippen LogP contribution in [0.15, 0.2) is 54.6 Å². The quantitative estimate of drug-likeness (QED) is 0.759. The van der Waals surface area contributed by atoms with Gasteiger partial charge >= 0.3 is 5.97 Å². The fourth-order valence-electron chi connectivity index (χ4n) is 2.26. The standard InChI is InChI=1S/C20H23NO4/c1-3-14(2)25-20(24)18(13-15-9-11-17(22)12-10-15)21-19(23)16-7-5-4-6-8-16/h4-12,14,18,22H,3,13H2,1-2H3,(H,21,23)/t14?,18-/m1/s1. The van der Waals surface area contributed by atoms with Crippen molar-refractivity contribution < 1.29 is 19.4 Å². The molecule has 0 radical (unpaired) electrons. The minimum Gasteiger partial charge on any atom is -0.508 e. The van der Waals surface area contributed by atoms with E-state index in [0.717, 1.165) is 5.56 Å². The summed E-state index contributed by atoms with van der Waals surface area (Å²) >= 11 is 0. The van der Waals surface area contributed by atoms with E-state index in [1.807, 2.05) is 19.9 Å². The number of carbonyl (C=O) groups is 2. The Hall–Kier alpha value is -2.82. The van der Waals surface area contributed by atoms with Crippen LogP contribution in [-0.4, -0.2) is 29.1 Å². The van der Waals surface area contributed by atoms with Gasteiger partial charge in [-0.05, 0) is 43.2 Å². The van der Waals surface area contributed by atoms with Crippen LogP contribution in [0.3, 0.4) is 0 Å². The second-order valence-electron chi connectivity index (χ2n) is 5.92. The molecule has 0 saturated carbocycles. The molecule has 0 spiro atoms. The van der Waals surface area contributed by atoms with Gasteiger partial charge in [-0.2, -0.15) is 0 Å². The minimum atomic E-state index is -0.800. The number of hydrogen-bond donors (Lipinski definition) is 2. The van der Waals surface area contributed by atoms with E-state index in [0.29, 0.717) is 12.0 Å². The van der Waals surface area contributed by atoms with E-state index in [4.69, 9.17) is 4.74 Å². The van der Waals surface area contributed by atoms with Crippen molar-refractivity contribution in [3.05, 3.63) is 65.7 Å². The molecule has 2 aromatic carbocycles. The number of rotatable bonds is 7. The third kappa shape index (κ3) is 5.64. The first-order valence-corrected chi connectivity index (χ1v) is 8.34. The molecule has 2 N–H and O–H groups in total. The van der Waals surface area contributed by atoms with Gasteiger partial charge in [0.2, 0.25) is 0 Å². The Labute approximate surface area is 147 Å². The van der Waals surface area contributed by atoms with Crippen LogP contribution in [0.25, 0.3) is 0 Å². The van der Waals surface area contributed by atoms with Crippen LogP contribution >= 0.6 is 0 Å². The van der Waals surface area contributed by atoms with Gasteiger partial charge in [0, 0.05) is 12.0 Å². The van der Waals surface area contributed by atoms with Gasteiger partial charge in [0.05, 0.1) is 6.10 Å². The highest BCUT2D eigenvalue weighted by Crippen LogP contribution is 2.13. The van der Waals surface area contributed by atoms with E-state index in [9.17, 15) is 14.7 Å². The summed E-state index contributed by atoms with van der Waals surface area (Å²) in [6.07, 6.45) is 0.766. The predicted octanol–water partition coefficient (Wildman–Crippen LogP) is 3.08. The molecule has 132 valence electrons. The van der Waals surface area contributed by atoms with E-state index in [-0.39, 0.29) is 24.2 Å². The van der Waals surface area contributed by atoms with Crippen molar-refractivity contribution in [3.63, 3.8) is 0 Å². The van der Waals surface area contributed by atoms with Gasteiger partial charge in [-0.25, -0.2) is 4.79 Å². The number of ether oxygens (including phenoxy) is 1. The Morgan fingerprint density at radius 1 is 1.08 bits per heavy atom. The number of phenolic OH excluding ortho intramolecular Hbond substituents is 1. The van der Waals surface area contributed by atoms with Gasteiger partial charge in [-0.1, -0.05) is 37.3 Å². The molecule has 0 aromatic heterocycles. The summed E-state index contributed by atoms with van der Waals surface area (Å²) in [7, 11) is 0. The Balaban J connectivity index is 2.14. The van der Waals surface area contributed by atoms with E-state index >= 15 is 0 Å². The fraction of sp³-hybridized carbons (Fsp3) is 0.300. The van der Waals surface area contributed by atoms with Crippen molar-refractivity contribution in [3.8, 4) is 5.75 Å². The van der Waals surface area contributed by atoms with Gasteiger partial charge in [-0.15, -0.1) is 0 Å². The van der Waals surface area contributed by atoms with Gasteiger partial charge in [0.15, 0.2) is 0 Å². The third-order valence-corrected chi connectivity index (χ3v) is 3.89. The van der Waals surface area contributed by atoms with Gasteiger partial charge in [0.25, 0.3) is 5.91 Å². The summed E-state index contributed by atoms with van der Waals surface area (Å²) in [6, 6.07) is 14.5. The minimum absolute atomic E-state index is 0.149. The molecular formula is C20H23NO4. The summed E-state index contributed by atoms with van der Waals surface area (Å²) in [5.74, 6) is -0.645. The lowest BCUT2D eigenvalue weighted by molar-refractivity contribution is -0.150. The molecule has 0 fully saturated rings. The summed E-state index contributed by atoms with van der Waals surface area (Å²) in [6.45, 7) is 3.74. The molecule has 0 aliphatic rings. The first-order valence-electron chi connectivity index (χ1n) is 8.34. The number of hydrogen-bond acceptors (Lipinski definition) is 4. The lowest BCUT2D eigenvalue weighted by Gasteiger charge is -2.20. The molecule has 0 saturated heterocycles. The molecule has 0 aliphatic carbocycles. The summed E-state index contributed by atoms with van der Waals surface area (Å²) in [5.41, 5.74) is 1.30. The van der Waals surface area contributed by atoms with Gasteiger partial charge in [-0.3, -0.25) is 4.79 Å². The number of esters is 1.